The molecule has 0 atom stereocenters. The molecule has 0 saturated heterocycles. The Morgan fingerprint density at radius 2 is 2.47 bits per heavy atom. The lowest BCUT2D eigenvalue weighted by atomic mass is 10.1. The minimum absolute atomic E-state index is 0.0321. The van der Waals surface area contributed by atoms with Gasteiger partial charge in [0.1, 0.15) is 12.1 Å². The molecule has 2 heterocycles. The Hall–Kier alpha value is -1.84. The summed E-state index contributed by atoms with van der Waals surface area (Å²) in [4.78, 5) is 15.9. The van der Waals surface area contributed by atoms with E-state index in [1.807, 2.05) is 17.7 Å². The highest BCUT2D eigenvalue weighted by molar-refractivity contribution is 5.96. The summed E-state index contributed by atoms with van der Waals surface area (Å²) in [6.45, 7) is 2.85. The van der Waals surface area contributed by atoms with Gasteiger partial charge in [-0.1, -0.05) is 0 Å². The third kappa shape index (κ3) is 1.98. The van der Waals surface area contributed by atoms with Gasteiger partial charge in [-0.25, -0.2) is 4.98 Å². The van der Waals surface area contributed by atoms with Gasteiger partial charge in [-0.3, -0.25) is 4.79 Å². The SMILES string of the molecule is CCn1ccnc1CC(=O)c1ccoc1. The number of aryl methyl sites for hydroxylation is 1. The van der Waals surface area contributed by atoms with Gasteiger partial charge in [0.15, 0.2) is 5.78 Å². The predicted molar refractivity (Wildman–Crippen MR) is 54.6 cm³/mol. The van der Waals surface area contributed by atoms with Crippen molar-refractivity contribution in [2.75, 3.05) is 0 Å². The number of rotatable bonds is 4. The van der Waals surface area contributed by atoms with E-state index in [4.69, 9.17) is 4.42 Å². The zero-order valence-corrected chi connectivity index (χ0v) is 8.51. The maximum atomic E-state index is 11.7. The van der Waals surface area contributed by atoms with Crippen molar-refractivity contribution in [3.8, 4) is 0 Å². The topological polar surface area (TPSA) is 48.0 Å². The van der Waals surface area contributed by atoms with Gasteiger partial charge < -0.3 is 8.98 Å². The fraction of sp³-hybridized carbons (Fsp3) is 0.273. The van der Waals surface area contributed by atoms with Gasteiger partial charge in [-0.2, -0.15) is 0 Å². The standard InChI is InChI=1S/C11H12N2O2/c1-2-13-5-4-12-11(13)7-10(14)9-3-6-15-8-9/h3-6,8H,2,7H2,1H3. The molecule has 0 fully saturated rings. The fourth-order valence-electron chi connectivity index (χ4n) is 1.46. The Balaban J connectivity index is 2.13. The minimum Gasteiger partial charge on any atom is -0.472 e. The average Bonchev–Trinajstić information content (AvgIpc) is 2.87. The number of Topliss-reactive ketones (excluding diaryl/α,β-unsaturated/α-hetero) is 1. The number of ketones is 1. The Morgan fingerprint density at radius 1 is 1.60 bits per heavy atom. The molecule has 0 bridgehead atoms. The van der Waals surface area contributed by atoms with Crippen LogP contribution in [0.15, 0.2) is 35.4 Å². The molecular formula is C11H12N2O2. The van der Waals surface area contributed by atoms with Crippen molar-refractivity contribution in [1.82, 2.24) is 9.55 Å². The number of carbonyl (C=O) groups is 1. The molecular weight excluding hydrogens is 192 g/mol. The van der Waals surface area contributed by atoms with Crippen molar-refractivity contribution in [1.29, 1.82) is 0 Å². The van der Waals surface area contributed by atoms with Crippen LogP contribution in [-0.2, 0) is 13.0 Å². The van der Waals surface area contributed by atoms with E-state index in [1.165, 1.54) is 12.5 Å². The van der Waals surface area contributed by atoms with Crippen LogP contribution < -0.4 is 0 Å². The first-order chi connectivity index (χ1) is 7.31. The number of furan rings is 1. The Morgan fingerprint density at radius 3 is 3.13 bits per heavy atom. The van der Waals surface area contributed by atoms with E-state index in [-0.39, 0.29) is 5.78 Å². The maximum Gasteiger partial charge on any atom is 0.173 e. The summed E-state index contributed by atoms with van der Waals surface area (Å²) in [7, 11) is 0. The van der Waals surface area contributed by atoms with Gasteiger partial charge in [0.2, 0.25) is 0 Å². The zero-order valence-electron chi connectivity index (χ0n) is 8.51. The van der Waals surface area contributed by atoms with Crippen LogP contribution in [0.25, 0.3) is 0 Å². The predicted octanol–water partition coefficient (Wildman–Crippen LogP) is 1.92. The second-order valence-corrected chi connectivity index (χ2v) is 3.24. The van der Waals surface area contributed by atoms with Crippen molar-refractivity contribution in [2.45, 2.75) is 19.9 Å². The van der Waals surface area contributed by atoms with E-state index in [0.717, 1.165) is 12.4 Å². The number of imidazole rings is 1. The molecule has 0 spiro atoms. The molecule has 0 aromatic carbocycles. The van der Waals surface area contributed by atoms with E-state index in [0.29, 0.717) is 12.0 Å². The van der Waals surface area contributed by atoms with Gasteiger partial charge in [-0.05, 0) is 13.0 Å². The van der Waals surface area contributed by atoms with E-state index < -0.39 is 0 Å². The number of nitrogens with zero attached hydrogens (tertiary/aromatic N) is 2. The first kappa shape index (κ1) is 9.71. The molecule has 15 heavy (non-hydrogen) atoms. The first-order valence-corrected chi connectivity index (χ1v) is 4.86. The zero-order chi connectivity index (χ0) is 10.7. The highest BCUT2D eigenvalue weighted by Gasteiger charge is 2.11. The van der Waals surface area contributed by atoms with Crippen LogP contribution in [0.2, 0.25) is 0 Å². The van der Waals surface area contributed by atoms with Crippen molar-refractivity contribution in [3.05, 3.63) is 42.4 Å². The molecule has 78 valence electrons. The lowest BCUT2D eigenvalue weighted by molar-refractivity contribution is 0.0989. The third-order valence-corrected chi connectivity index (χ3v) is 2.30. The molecule has 4 heteroatoms. The molecule has 0 saturated carbocycles. The molecule has 4 nitrogen and oxygen atoms in total. The lowest BCUT2D eigenvalue weighted by Gasteiger charge is -2.02. The minimum atomic E-state index is 0.0321. The molecule has 0 aliphatic heterocycles. The van der Waals surface area contributed by atoms with E-state index in [1.54, 1.807) is 12.3 Å². The monoisotopic (exact) mass is 204 g/mol. The smallest absolute Gasteiger partial charge is 0.173 e. The first-order valence-electron chi connectivity index (χ1n) is 4.86. The molecule has 0 radical (unpaired) electrons. The molecule has 0 aliphatic carbocycles. The van der Waals surface area contributed by atoms with Gasteiger partial charge in [-0.15, -0.1) is 0 Å². The van der Waals surface area contributed by atoms with Crippen molar-refractivity contribution in [3.63, 3.8) is 0 Å². The van der Waals surface area contributed by atoms with Crippen molar-refractivity contribution < 1.29 is 9.21 Å². The average molecular weight is 204 g/mol. The van der Waals surface area contributed by atoms with Crippen molar-refractivity contribution in [2.24, 2.45) is 0 Å². The Labute approximate surface area is 87.5 Å². The summed E-state index contributed by atoms with van der Waals surface area (Å²) < 4.78 is 6.82. The van der Waals surface area contributed by atoms with E-state index >= 15 is 0 Å². The highest BCUT2D eigenvalue weighted by atomic mass is 16.3. The van der Waals surface area contributed by atoms with Gasteiger partial charge in [0.25, 0.3) is 0 Å². The summed E-state index contributed by atoms with van der Waals surface area (Å²) in [5.74, 6) is 0.827. The molecule has 2 aromatic heterocycles. The van der Waals surface area contributed by atoms with Gasteiger partial charge in [0.05, 0.1) is 18.2 Å². The molecule has 0 unspecified atom stereocenters. The van der Waals surface area contributed by atoms with Gasteiger partial charge in [0, 0.05) is 18.9 Å². The van der Waals surface area contributed by atoms with Gasteiger partial charge >= 0.3 is 0 Å². The van der Waals surface area contributed by atoms with E-state index in [9.17, 15) is 4.79 Å². The molecule has 0 amide bonds. The summed E-state index contributed by atoms with van der Waals surface area (Å²) >= 11 is 0. The van der Waals surface area contributed by atoms with Crippen LogP contribution in [0.3, 0.4) is 0 Å². The van der Waals surface area contributed by atoms with Crippen LogP contribution >= 0.6 is 0 Å². The van der Waals surface area contributed by atoms with Crippen LogP contribution in [0.1, 0.15) is 23.1 Å². The second-order valence-electron chi connectivity index (χ2n) is 3.24. The molecule has 0 N–H and O–H groups in total. The lowest BCUT2D eigenvalue weighted by Crippen LogP contribution is -2.08. The molecule has 0 aliphatic rings. The number of aromatic nitrogens is 2. The number of hydrogen-bond donors (Lipinski definition) is 0. The van der Waals surface area contributed by atoms with Crippen LogP contribution in [0, 0.1) is 0 Å². The maximum absolute atomic E-state index is 11.7. The molecule has 2 aromatic rings. The molecule has 2 rings (SSSR count). The summed E-state index contributed by atoms with van der Waals surface area (Å²) in [6.07, 6.45) is 6.86. The van der Waals surface area contributed by atoms with E-state index in [2.05, 4.69) is 4.98 Å². The normalized spacial score (nSPS) is 10.5. The fourth-order valence-corrected chi connectivity index (χ4v) is 1.46. The quantitative estimate of drug-likeness (QED) is 0.715. The largest absolute Gasteiger partial charge is 0.472 e. The highest BCUT2D eigenvalue weighted by Crippen LogP contribution is 2.06. The Bertz CT molecular complexity index is 443. The number of hydrogen-bond acceptors (Lipinski definition) is 3. The third-order valence-electron chi connectivity index (χ3n) is 2.30. The van der Waals surface area contributed by atoms with Crippen LogP contribution in [0.5, 0.6) is 0 Å². The Kier molecular flexibility index (Phi) is 2.67. The van der Waals surface area contributed by atoms with Crippen LogP contribution in [-0.4, -0.2) is 15.3 Å². The second kappa shape index (κ2) is 4.13. The van der Waals surface area contributed by atoms with Crippen molar-refractivity contribution >= 4 is 5.78 Å². The van der Waals surface area contributed by atoms with Crippen LogP contribution in [0.4, 0.5) is 0 Å². The number of carbonyl (C=O) groups excluding carboxylic acids is 1. The summed E-state index contributed by atoms with van der Waals surface area (Å²) in [5.41, 5.74) is 0.598. The summed E-state index contributed by atoms with van der Waals surface area (Å²) in [5, 5.41) is 0. The summed E-state index contributed by atoms with van der Waals surface area (Å²) in [6, 6.07) is 1.67.